The molecule has 4 atom stereocenters. The second kappa shape index (κ2) is 4.15. The number of nitrogens with two attached hydrogens (primary N) is 1. The summed E-state index contributed by atoms with van der Waals surface area (Å²) in [6, 6.07) is -0.174. The van der Waals surface area contributed by atoms with E-state index in [1.165, 1.54) is 0 Å². The maximum Gasteiger partial charge on any atom is 0.108 e. The highest BCUT2D eigenvalue weighted by Gasteiger charge is 2.41. The molecule has 5 N–H and O–H groups in total. The molecule has 0 aromatic rings. The minimum atomic E-state index is -0.673. The van der Waals surface area contributed by atoms with Crippen molar-refractivity contribution in [2.75, 3.05) is 20.2 Å². The molecule has 1 heterocycles. The Morgan fingerprint density at radius 3 is 2.50 bits per heavy atom. The van der Waals surface area contributed by atoms with Crippen LogP contribution in [0.4, 0.5) is 0 Å². The third-order valence-corrected chi connectivity index (χ3v) is 2.24. The Kier molecular flexibility index (Phi) is 3.42. The van der Waals surface area contributed by atoms with E-state index in [2.05, 4.69) is 5.32 Å². The summed E-state index contributed by atoms with van der Waals surface area (Å²) in [7, 11) is 1.74. The van der Waals surface area contributed by atoms with Gasteiger partial charge < -0.3 is 26.0 Å². The summed E-state index contributed by atoms with van der Waals surface area (Å²) in [5, 5.41) is 21.3. The van der Waals surface area contributed by atoms with Gasteiger partial charge in [0.2, 0.25) is 0 Å². The first-order valence-electron chi connectivity index (χ1n) is 4.06. The van der Waals surface area contributed by atoms with Crippen molar-refractivity contribution in [3.05, 3.63) is 0 Å². The highest BCUT2D eigenvalue weighted by molar-refractivity contribution is 4.94. The van der Waals surface area contributed by atoms with Gasteiger partial charge in [-0.15, -0.1) is 0 Å². The summed E-state index contributed by atoms with van der Waals surface area (Å²) in [6.07, 6.45) is -1.38. The first-order valence-corrected chi connectivity index (χ1v) is 4.06. The molecule has 0 spiro atoms. The molecular weight excluding hydrogens is 160 g/mol. The van der Waals surface area contributed by atoms with Crippen LogP contribution in [0.25, 0.3) is 0 Å². The summed E-state index contributed by atoms with van der Waals surface area (Å²) >= 11 is 0. The van der Waals surface area contributed by atoms with Crippen molar-refractivity contribution in [1.82, 2.24) is 5.32 Å². The minimum absolute atomic E-state index is 0.171. The number of likely N-dealkylation sites (N-methyl/N-ethyl adjacent to an activating group) is 1. The molecule has 5 nitrogen and oxygen atoms in total. The van der Waals surface area contributed by atoms with Crippen LogP contribution < -0.4 is 11.1 Å². The lowest BCUT2D eigenvalue weighted by molar-refractivity contribution is -0.0193. The Morgan fingerprint density at radius 1 is 1.50 bits per heavy atom. The second-order valence-corrected chi connectivity index (χ2v) is 2.94. The molecule has 0 aromatic carbocycles. The van der Waals surface area contributed by atoms with Crippen LogP contribution in [-0.2, 0) is 4.74 Å². The molecule has 0 unspecified atom stereocenters. The number of rotatable bonds is 3. The van der Waals surface area contributed by atoms with Crippen molar-refractivity contribution in [3.63, 3.8) is 0 Å². The third kappa shape index (κ3) is 1.60. The molecule has 1 aliphatic heterocycles. The van der Waals surface area contributed by atoms with E-state index in [9.17, 15) is 5.11 Å². The van der Waals surface area contributed by atoms with Crippen LogP contribution in [0.5, 0.6) is 0 Å². The molecule has 0 bridgehead atoms. The summed E-state index contributed by atoms with van der Waals surface area (Å²) < 4.78 is 5.29. The van der Waals surface area contributed by atoms with Gasteiger partial charge >= 0.3 is 0 Å². The van der Waals surface area contributed by atoms with Crippen molar-refractivity contribution >= 4 is 0 Å². The molecule has 0 aromatic heterocycles. The second-order valence-electron chi connectivity index (χ2n) is 2.94. The minimum Gasteiger partial charge on any atom is -0.394 e. The monoisotopic (exact) mass is 176 g/mol. The van der Waals surface area contributed by atoms with E-state index in [1.54, 1.807) is 7.05 Å². The fourth-order valence-corrected chi connectivity index (χ4v) is 1.55. The van der Waals surface area contributed by atoms with Crippen LogP contribution in [0.15, 0.2) is 0 Å². The highest BCUT2D eigenvalue weighted by atomic mass is 16.5. The van der Waals surface area contributed by atoms with E-state index in [-0.39, 0.29) is 18.8 Å². The van der Waals surface area contributed by atoms with Crippen molar-refractivity contribution in [1.29, 1.82) is 0 Å². The van der Waals surface area contributed by atoms with Gasteiger partial charge in [-0.1, -0.05) is 0 Å². The molecule has 1 aliphatic rings. The Labute approximate surface area is 71.5 Å². The van der Waals surface area contributed by atoms with Gasteiger partial charge in [0.1, 0.15) is 12.2 Å². The largest absolute Gasteiger partial charge is 0.394 e. The van der Waals surface area contributed by atoms with Gasteiger partial charge in [0.15, 0.2) is 0 Å². The summed E-state index contributed by atoms with van der Waals surface area (Å²) in [5.41, 5.74) is 5.42. The van der Waals surface area contributed by atoms with Crippen molar-refractivity contribution in [2.45, 2.75) is 24.4 Å². The highest BCUT2D eigenvalue weighted by Crippen LogP contribution is 2.19. The number of aliphatic hydroxyl groups excluding tert-OH is 2. The summed E-state index contributed by atoms with van der Waals surface area (Å²) in [4.78, 5) is 0. The van der Waals surface area contributed by atoms with Crippen molar-refractivity contribution in [2.24, 2.45) is 5.73 Å². The van der Waals surface area contributed by atoms with Gasteiger partial charge in [-0.05, 0) is 7.05 Å². The topological polar surface area (TPSA) is 87.7 Å². The fourth-order valence-electron chi connectivity index (χ4n) is 1.55. The Hall–Kier alpha value is -0.200. The fraction of sp³-hybridized carbons (Fsp3) is 1.00. The molecule has 1 fully saturated rings. The number of ether oxygens (including phenoxy) is 1. The van der Waals surface area contributed by atoms with E-state index < -0.39 is 12.2 Å². The van der Waals surface area contributed by atoms with E-state index in [1.807, 2.05) is 0 Å². The van der Waals surface area contributed by atoms with E-state index >= 15 is 0 Å². The molecule has 12 heavy (non-hydrogen) atoms. The Balaban J connectivity index is 2.58. The van der Waals surface area contributed by atoms with Gasteiger partial charge in [0.05, 0.1) is 18.8 Å². The molecule has 0 saturated carbocycles. The molecule has 0 radical (unpaired) electrons. The quantitative estimate of drug-likeness (QED) is 0.387. The molecule has 1 saturated heterocycles. The Morgan fingerprint density at radius 2 is 2.17 bits per heavy atom. The lowest BCUT2D eigenvalue weighted by Crippen LogP contribution is -2.45. The van der Waals surface area contributed by atoms with E-state index in [0.717, 1.165) is 0 Å². The zero-order chi connectivity index (χ0) is 9.14. The lowest BCUT2D eigenvalue weighted by Gasteiger charge is -2.17. The molecule has 1 rings (SSSR count). The smallest absolute Gasteiger partial charge is 0.108 e. The number of hydrogen-bond donors (Lipinski definition) is 4. The normalized spacial score (nSPS) is 42.0. The van der Waals surface area contributed by atoms with Gasteiger partial charge in [-0.25, -0.2) is 0 Å². The van der Waals surface area contributed by atoms with Gasteiger partial charge in [0.25, 0.3) is 0 Å². The summed E-state index contributed by atoms with van der Waals surface area (Å²) in [6.45, 7) is 0.176. The molecule has 0 aliphatic carbocycles. The number of nitrogens with one attached hydrogen (secondary N) is 1. The van der Waals surface area contributed by atoms with Crippen LogP contribution in [0, 0.1) is 0 Å². The lowest BCUT2D eigenvalue weighted by atomic mass is 10.1. The Bertz CT molecular complexity index is 143. The molecule has 72 valence electrons. The SMILES string of the molecule is CN[C@@H]1[C@H](O)[C@H](CO)O[C@@H]1CN. The standard InChI is InChI=1S/C7H16N2O3/c1-9-6-4(2-8)12-5(3-10)7(6)11/h4-7,9-11H,2-3,8H2,1H3/t4-,5+,6+,7-/m1/s1. The van der Waals surface area contributed by atoms with Crippen LogP contribution in [0.2, 0.25) is 0 Å². The first-order chi connectivity index (χ1) is 5.74. The van der Waals surface area contributed by atoms with Crippen LogP contribution in [0.3, 0.4) is 0 Å². The van der Waals surface area contributed by atoms with E-state index in [4.69, 9.17) is 15.6 Å². The van der Waals surface area contributed by atoms with Gasteiger partial charge in [-0.2, -0.15) is 0 Å². The maximum absolute atomic E-state index is 9.55. The van der Waals surface area contributed by atoms with Gasteiger partial charge in [-0.3, -0.25) is 0 Å². The number of aliphatic hydroxyl groups is 2. The molecule has 0 amide bonds. The van der Waals surface area contributed by atoms with Gasteiger partial charge in [0, 0.05) is 6.54 Å². The van der Waals surface area contributed by atoms with Crippen LogP contribution in [0.1, 0.15) is 0 Å². The molecular formula is C7H16N2O3. The number of hydrogen-bond acceptors (Lipinski definition) is 5. The third-order valence-electron chi connectivity index (χ3n) is 2.24. The average Bonchev–Trinajstić information content (AvgIpc) is 2.41. The van der Waals surface area contributed by atoms with Crippen molar-refractivity contribution < 1.29 is 14.9 Å². The van der Waals surface area contributed by atoms with E-state index in [0.29, 0.717) is 6.54 Å². The average molecular weight is 176 g/mol. The van der Waals surface area contributed by atoms with Crippen LogP contribution >= 0.6 is 0 Å². The first kappa shape index (κ1) is 9.88. The predicted octanol–water partition coefficient (Wildman–Crippen LogP) is -2.35. The zero-order valence-electron chi connectivity index (χ0n) is 7.10. The van der Waals surface area contributed by atoms with Crippen molar-refractivity contribution in [3.8, 4) is 0 Å². The summed E-state index contributed by atoms with van der Waals surface area (Å²) in [5.74, 6) is 0. The zero-order valence-corrected chi connectivity index (χ0v) is 7.10. The van der Waals surface area contributed by atoms with Crippen LogP contribution in [-0.4, -0.2) is 54.8 Å². The predicted molar refractivity (Wildman–Crippen MR) is 43.7 cm³/mol. The molecule has 5 heteroatoms. The maximum atomic E-state index is 9.55.